The molecule has 1 fully saturated rings. The van der Waals surface area contributed by atoms with Crippen LogP contribution in [-0.4, -0.2) is 66.2 Å². The molecule has 0 spiro atoms. The van der Waals surface area contributed by atoms with Crippen molar-refractivity contribution in [2.24, 2.45) is 0 Å². The van der Waals surface area contributed by atoms with Crippen LogP contribution in [0.4, 0.5) is 0 Å². The van der Waals surface area contributed by atoms with Gasteiger partial charge < -0.3 is 9.15 Å². The molecule has 1 saturated heterocycles. The Labute approximate surface area is 200 Å². The predicted octanol–water partition coefficient (Wildman–Crippen LogP) is 0.760. The largest absolute Gasteiger partial charge is 0.465 e. The lowest BCUT2D eigenvalue weighted by Crippen LogP contribution is -2.55. The summed E-state index contributed by atoms with van der Waals surface area (Å²) >= 11 is 0. The van der Waals surface area contributed by atoms with Crippen molar-refractivity contribution in [3.8, 4) is 0 Å². The van der Waals surface area contributed by atoms with Gasteiger partial charge in [-0.05, 0) is 31.0 Å². The summed E-state index contributed by atoms with van der Waals surface area (Å²) in [5.41, 5.74) is 1.10. The fourth-order valence-corrected chi connectivity index (χ4v) is 5.17. The molecule has 0 N–H and O–H groups in total. The van der Waals surface area contributed by atoms with Gasteiger partial charge in [-0.3, -0.25) is 23.9 Å². The standard InChI is InChI=1S/C23H23N3O8S/c1-2-33-22(29)15-26-18-9-8-17(12-19(18)34-23(26)30)35(31,32)24-13-20(27)25(21(28)14-24)11-10-16-6-4-3-5-7-16/h3-9,12H,2,10-11,13-15H2,1H3. The third-order valence-electron chi connectivity index (χ3n) is 5.56. The second-order valence-corrected chi connectivity index (χ2v) is 9.77. The number of sulfonamides is 1. The Balaban J connectivity index is 1.52. The Kier molecular flexibility index (Phi) is 6.85. The minimum absolute atomic E-state index is 0.0560. The van der Waals surface area contributed by atoms with Crippen LogP contribution in [0.15, 0.2) is 62.6 Å². The maximum Gasteiger partial charge on any atom is 0.420 e. The minimum Gasteiger partial charge on any atom is -0.465 e. The van der Waals surface area contributed by atoms with Crippen LogP contribution in [0.25, 0.3) is 11.1 Å². The van der Waals surface area contributed by atoms with Crippen molar-refractivity contribution in [1.82, 2.24) is 13.8 Å². The maximum absolute atomic E-state index is 13.2. The normalized spacial score (nSPS) is 15.1. The lowest BCUT2D eigenvalue weighted by atomic mass is 10.1. The summed E-state index contributed by atoms with van der Waals surface area (Å²) in [4.78, 5) is 50.0. The van der Waals surface area contributed by atoms with E-state index in [0.29, 0.717) is 6.42 Å². The molecule has 0 bridgehead atoms. The fraction of sp³-hybridized carbons (Fsp3) is 0.304. The Bertz CT molecular complexity index is 1420. The van der Waals surface area contributed by atoms with Crippen molar-refractivity contribution < 1.29 is 32.0 Å². The van der Waals surface area contributed by atoms with Crippen LogP contribution in [0.2, 0.25) is 0 Å². The smallest absolute Gasteiger partial charge is 0.420 e. The molecule has 2 aromatic carbocycles. The molecule has 0 atom stereocenters. The molecule has 4 rings (SSSR count). The highest BCUT2D eigenvalue weighted by atomic mass is 32.2. The first-order valence-electron chi connectivity index (χ1n) is 10.9. The molecule has 0 radical (unpaired) electrons. The third kappa shape index (κ3) is 5.03. The average molecular weight is 502 g/mol. The van der Waals surface area contributed by atoms with E-state index < -0.39 is 46.7 Å². The van der Waals surface area contributed by atoms with Crippen molar-refractivity contribution in [3.05, 3.63) is 64.6 Å². The first-order valence-corrected chi connectivity index (χ1v) is 12.3. The molecule has 12 heteroatoms. The molecule has 11 nitrogen and oxygen atoms in total. The van der Waals surface area contributed by atoms with Gasteiger partial charge in [0.2, 0.25) is 21.8 Å². The van der Waals surface area contributed by atoms with Gasteiger partial charge in [0.1, 0.15) is 6.54 Å². The monoisotopic (exact) mass is 501 g/mol. The summed E-state index contributed by atoms with van der Waals surface area (Å²) in [7, 11) is -4.24. The number of piperazine rings is 1. The molecule has 0 unspecified atom stereocenters. The van der Waals surface area contributed by atoms with Gasteiger partial charge in [-0.15, -0.1) is 0 Å². The van der Waals surface area contributed by atoms with E-state index in [0.717, 1.165) is 25.4 Å². The number of esters is 1. The minimum atomic E-state index is -4.24. The molecular weight excluding hydrogens is 478 g/mol. The summed E-state index contributed by atoms with van der Waals surface area (Å²) in [5, 5.41) is 0. The van der Waals surface area contributed by atoms with Crippen molar-refractivity contribution in [2.75, 3.05) is 26.2 Å². The van der Waals surface area contributed by atoms with Crippen LogP contribution in [0, 0.1) is 0 Å². The van der Waals surface area contributed by atoms with Crippen LogP contribution in [0.1, 0.15) is 12.5 Å². The number of hydrogen-bond donors (Lipinski definition) is 0. The lowest BCUT2D eigenvalue weighted by molar-refractivity contribution is -0.149. The van der Waals surface area contributed by atoms with Gasteiger partial charge in [-0.25, -0.2) is 13.2 Å². The quantitative estimate of drug-likeness (QED) is 0.326. The number of aromatic nitrogens is 1. The fourth-order valence-electron chi connectivity index (χ4n) is 3.81. The van der Waals surface area contributed by atoms with Crippen LogP contribution >= 0.6 is 0 Å². The van der Waals surface area contributed by atoms with Crippen molar-refractivity contribution in [1.29, 1.82) is 0 Å². The van der Waals surface area contributed by atoms with Crippen molar-refractivity contribution >= 4 is 38.9 Å². The number of fused-ring (bicyclic) bond motifs is 1. The van der Waals surface area contributed by atoms with Crippen molar-refractivity contribution in [3.63, 3.8) is 0 Å². The topological polar surface area (TPSA) is 136 Å². The molecule has 0 saturated carbocycles. The summed E-state index contributed by atoms with van der Waals surface area (Å²) in [6, 6.07) is 13.0. The number of ether oxygens (including phenoxy) is 1. The molecule has 35 heavy (non-hydrogen) atoms. The maximum atomic E-state index is 13.2. The summed E-state index contributed by atoms with van der Waals surface area (Å²) in [6.45, 7) is 0.552. The molecule has 184 valence electrons. The highest BCUT2D eigenvalue weighted by Gasteiger charge is 2.37. The van der Waals surface area contributed by atoms with Crippen LogP contribution in [0.3, 0.4) is 0 Å². The van der Waals surface area contributed by atoms with E-state index in [-0.39, 0.29) is 35.7 Å². The van der Waals surface area contributed by atoms with E-state index in [4.69, 9.17) is 9.15 Å². The predicted molar refractivity (Wildman–Crippen MR) is 123 cm³/mol. The van der Waals surface area contributed by atoms with Gasteiger partial charge in [0.15, 0.2) is 5.58 Å². The third-order valence-corrected chi connectivity index (χ3v) is 7.35. The number of nitrogens with zero attached hydrogens (tertiary/aromatic N) is 3. The van der Waals surface area contributed by atoms with E-state index in [2.05, 4.69) is 0 Å². The summed E-state index contributed by atoms with van der Waals surface area (Å²) < 4.78 is 38.1. The molecule has 2 amide bonds. The molecule has 1 aliphatic heterocycles. The second-order valence-electron chi connectivity index (χ2n) is 7.84. The molecule has 0 aliphatic carbocycles. The van der Waals surface area contributed by atoms with Crippen LogP contribution < -0.4 is 5.76 Å². The Morgan fingerprint density at radius 2 is 1.71 bits per heavy atom. The zero-order valence-corrected chi connectivity index (χ0v) is 19.7. The number of amides is 2. The van der Waals surface area contributed by atoms with Crippen LogP contribution in [-0.2, 0) is 42.1 Å². The summed E-state index contributed by atoms with van der Waals surface area (Å²) in [6.07, 6.45) is 0.462. The molecule has 1 aliphatic rings. The van der Waals surface area contributed by atoms with E-state index in [1.807, 2.05) is 30.3 Å². The SMILES string of the molecule is CCOC(=O)Cn1c(=O)oc2cc(S(=O)(=O)N3CC(=O)N(CCc4ccccc4)C(=O)C3)ccc21. The number of carbonyl (C=O) groups is 3. The molecule has 2 heterocycles. The Morgan fingerprint density at radius 1 is 1.03 bits per heavy atom. The number of carbonyl (C=O) groups excluding carboxylic acids is 3. The average Bonchev–Trinajstić information content (AvgIpc) is 3.13. The number of benzene rings is 2. The van der Waals surface area contributed by atoms with Gasteiger partial charge in [-0.1, -0.05) is 30.3 Å². The highest BCUT2D eigenvalue weighted by Crippen LogP contribution is 2.23. The number of rotatable bonds is 8. The number of oxazole rings is 1. The van der Waals surface area contributed by atoms with Crippen LogP contribution in [0.5, 0.6) is 0 Å². The van der Waals surface area contributed by atoms with Gasteiger partial charge in [0.25, 0.3) is 0 Å². The van der Waals surface area contributed by atoms with Gasteiger partial charge in [-0.2, -0.15) is 4.31 Å². The van der Waals surface area contributed by atoms with E-state index >= 15 is 0 Å². The van der Waals surface area contributed by atoms with E-state index in [1.54, 1.807) is 6.92 Å². The Morgan fingerprint density at radius 3 is 2.37 bits per heavy atom. The Hall–Kier alpha value is -3.77. The first-order chi connectivity index (χ1) is 16.7. The second kappa shape index (κ2) is 9.84. The first kappa shape index (κ1) is 24.4. The molecular formula is C23H23N3O8S. The van der Waals surface area contributed by atoms with Crippen molar-refractivity contribution in [2.45, 2.75) is 24.8 Å². The number of imide groups is 1. The van der Waals surface area contributed by atoms with E-state index in [9.17, 15) is 27.6 Å². The zero-order chi connectivity index (χ0) is 25.2. The zero-order valence-electron chi connectivity index (χ0n) is 18.9. The summed E-state index contributed by atoms with van der Waals surface area (Å²) in [5.74, 6) is -2.72. The van der Waals surface area contributed by atoms with Gasteiger partial charge >= 0.3 is 11.7 Å². The lowest BCUT2D eigenvalue weighted by Gasteiger charge is -2.32. The van der Waals surface area contributed by atoms with Gasteiger partial charge in [0.05, 0.1) is 30.1 Å². The number of hydrogen-bond acceptors (Lipinski definition) is 8. The van der Waals surface area contributed by atoms with E-state index in [1.165, 1.54) is 12.1 Å². The molecule has 1 aromatic heterocycles. The highest BCUT2D eigenvalue weighted by molar-refractivity contribution is 7.89. The van der Waals surface area contributed by atoms with Gasteiger partial charge in [0, 0.05) is 12.6 Å². The molecule has 3 aromatic rings.